The molecule has 5 nitrogen and oxygen atoms in total. The maximum atomic E-state index is 13.8. The monoisotopic (exact) mass is 379 g/mol. The third-order valence-electron chi connectivity index (χ3n) is 5.25. The first-order valence-corrected chi connectivity index (χ1v) is 9.08. The number of carbonyl (C=O) groups excluding carboxylic acids is 3. The largest absolute Gasteiger partial charge is 0.423 e. The third-order valence-corrected chi connectivity index (χ3v) is 5.25. The van der Waals surface area contributed by atoms with Crippen molar-refractivity contribution in [2.24, 2.45) is 17.8 Å². The number of nitrogens with zero attached hydrogens (tertiary/aromatic N) is 1. The van der Waals surface area contributed by atoms with Crippen molar-refractivity contribution in [3.63, 3.8) is 0 Å². The van der Waals surface area contributed by atoms with E-state index in [1.54, 1.807) is 12.1 Å². The fraction of sp³-hybridized carbons (Fsp3) is 0.227. The molecule has 28 heavy (non-hydrogen) atoms. The summed E-state index contributed by atoms with van der Waals surface area (Å²) < 4.78 is 19.0. The summed E-state index contributed by atoms with van der Waals surface area (Å²) in [6, 6.07) is 11.7. The summed E-state index contributed by atoms with van der Waals surface area (Å²) in [5.74, 6) is -2.64. The number of amides is 2. The molecular formula is C22H18FNO4. The van der Waals surface area contributed by atoms with Gasteiger partial charge in [0.25, 0.3) is 0 Å². The first-order chi connectivity index (χ1) is 13.5. The molecule has 2 amide bonds. The van der Waals surface area contributed by atoms with Crippen LogP contribution in [-0.4, -0.2) is 17.8 Å². The number of carbonyl (C=O) groups is 3. The summed E-state index contributed by atoms with van der Waals surface area (Å²) in [7, 11) is 0. The first kappa shape index (κ1) is 18.1. The van der Waals surface area contributed by atoms with Crippen molar-refractivity contribution >= 4 is 23.5 Å². The van der Waals surface area contributed by atoms with Crippen LogP contribution in [0, 0.1) is 23.6 Å². The van der Waals surface area contributed by atoms with Crippen LogP contribution in [0.2, 0.25) is 0 Å². The molecule has 0 radical (unpaired) electrons. The van der Waals surface area contributed by atoms with Crippen LogP contribution in [0.4, 0.5) is 10.1 Å². The van der Waals surface area contributed by atoms with Gasteiger partial charge >= 0.3 is 5.97 Å². The number of imide groups is 1. The minimum absolute atomic E-state index is 0.0118. The van der Waals surface area contributed by atoms with Gasteiger partial charge in [-0.1, -0.05) is 37.3 Å². The highest BCUT2D eigenvalue weighted by atomic mass is 19.1. The second-order valence-corrected chi connectivity index (χ2v) is 7.03. The van der Waals surface area contributed by atoms with Gasteiger partial charge in [0.2, 0.25) is 11.8 Å². The molecule has 0 N–H and O–H groups in total. The Hall–Kier alpha value is -3.28. The summed E-state index contributed by atoms with van der Waals surface area (Å²) in [4.78, 5) is 39.1. The number of hydrogen-bond donors (Lipinski definition) is 0. The van der Waals surface area contributed by atoms with Crippen LogP contribution in [0.15, 0.2) is 60.7 Å². The quantitative estimate of drug-likeness (QED) is 0.353. The van der Waals surface area contributed by atoms with Crippen molar-refractivity contribution < 1.29 is 23.5 Å². The molecule has 0 saturated carbocycles. The Morgan fingerprint density at radius 2 is 1.89 bits per heavy atom. The van der Waals surface area contributed by atoms with Crippen molar-refractivity contribution in [1.29, 1.82) is 0 Å². The highest BCUT2D eigenvalue weighted by molar-refractivity contribution is 6.22. The lowest BCUT2D eigenvalue weighted by Gasteiger charge is -2.22. The molecular weight excluding hydrogens is 361 g/mol. The van der Waals surface area contributed by atoms with E-state index in [0.29, 0.717) is 12.1 Å². The number of ether oxygens (including phenoxy) is 1. The van der Waals surface area contributed by atoms with Gasteiger partial charge in [-0.15, -0.1) is 0 Å². The lowest BCUT2D eigenvalue weighted by molar-refractivity contribution is -0.122. The van der Waals surface area contributed by atoms with Gasteiger partial charge in [0.15, 0.2) is 0 Å². The topological polar surface area (TPSA) is 63.7 Å². The fourth-order valence-corrected chi connectivity index (χ4v) is 3.88. The molecule has 0 spiro atoms. The smallest absolute Gasteiger partial charge is 0.346 e. The normalized spacial score (nSPS) is 23.6. The van der Waals surface area contributed by atoms with E-state index in [1.165, 1.54) is 41.3 Å². The Bertz CT molecular complexity index is 1000. The Labute approximate surface area is 161 Å². The summed E-state index contributed by atoms with van der Waals surface area (Å²) in [6.45, 7) is 1.93. The molecule has 1 aliphatic heterocycles. The highest BCUT2D eigenvalue weighted by Gasteiger charge is 2.50. The number of allylic oxidation sites excluding steroid dienone is 2. The number of fused-ring (bicyclic) bond motifs is 1. The molecule has 6 heteroatoms. The van der Waals surface area contributed by atoms with Crippen molar-refractivity contribution in [1.82, 2.24) is 0 Å². The maximum Gasteiger partial charge on any atom is 0.346 e. The van der Waals surface area contributed by atoms with E-state index in [2.05, 4.69) is 0 Å². The summed E-state index contributed by atoms with van der Waals surface area (Å²) >= 11 is 0. The molecule has 2 aromatic carbocycles. The Kier molecular flexibility index (Phi) is 4.55. The van der Waals surface area contributed by atoms with Crippen LogP contribution in [0.1, 0.15) is 23.7 Å². The molecule has 1 fully saturated rings. The van der Waals surface area contributed by atoms with Crippen molar-refractivity contribution in [2.75, 3.05) is 4.90 Å². The number of rotatable bonds is 3. The molecule has 0 aromatic heterocycles. The molecule has 1 aliphatic carbocycles. The Balaban J connectivity index is 1.59. The van der Waals surface area contributed by atoms with Gasteiger partial charge in [-0.05, 0) is 36.6 Å². The minimum Gasteiger partial charge on any atom is -0.423 e. The number of esters is 1. The van der Waals surface area contributed by atoms with Gasteiger partial charge in [-0.3, -0.25) is 9.59 Å². The molecule has 0 unspecified atom stereocenters. The zero-order chi connectivity index (χ0) is 19.8. The van der Waals surface area contributed by atoms with Crippen molar-refractivity contribution in [2.45, 2.75) is 13.3 Å². The fourth-order valence-electron chi connectivity index (χ4n) is 3.88. The minimum atomic E-state index is -0.846. The van der Waals surface area contributed by atoms with Crippen LogP contribution in [-0.2, 0) is 9.59 Å². The van der Waals surface area contributed by atoms with Gasteiger partial charge in [-0.2, -0.15) is 0 Å². The lowest BCUT2D eigenvalue weighted by atomic mass is 9.78. The molecule has 4 rings (SSSR count). The molecule has 142 valence electrons. The van der Waals surface area contributed by atoms with Crippen molar-refractivity contribution in [3.8, 4) is 5.75 Å². The highest BCUT2D eigenvalue weighted by Crippen LogP contribution is 2.40. The van der Waals surface area contributed by atoms with Gasteiger partial charge in [0, 0.05) is 6.07 Å². The van der Waals surface area contributed by atoms with E-state index in [4.69, 9.17) is 4.74 Å². The predicted molar refractivity (Wildman–Crippen MR) is 100 cm³/mol. The first-order valence-electron chi connectivity index (χ1n) is 9.08. The molecule has 0 bridgehead atoms. The second kappa shape index (κ2) is 7.03. The molecule has 2 aromatic rings. The standard InChI is InChI=1S/C22H18FNO4/c1-13-6-4-10-17-19(13)21(26)24(20(17)25)14-7-5-8-15(12-14)28-22(27)16-9-2-3-11-18(16)23/h2-9,11-13,17,19H,10H2,1H3/t13-,17+,19-/m1/s1. The number of benzene rings is 2. The number of hydrogen-bond acceptors (Lipinski definition) is 4. The van der Waals surface area contributed by atoms with Crippen LogP contribution in [0.5, 0.6) is 5.75 Å². The SMILES string of the molecule is C[C@@H]1C=CC[C@@H]2C(=O)N(c3cccc(OC(=O)c4ccccc4F)c3)C(=O)[C@H]12. The van der Waals surface area contributed by atoms with Gasteiger partial charge in [0.05, 0.1) is 23.1 Å². The average molecular weight is 379 g/mol. The number of anilines is 1. The van der Waals surface area contributed by atoms with E-state index in [9.17, 15) is 18.8 Å². The van der Waals surface area contributed by atoms with Gasteiger partial charge < -0.3 is 4.74 Å². The zero-order valence-electron chi connectivity index (χ0n) is 15.2. The molecule has 2 aliphatic rings. The van der Waals surface area contributed by atoms with E-state index >= 15 is 0 Å². The number of halogens is 1. The Morgan fingerprint density at radius 3 is 2.64 bits per heavy atom. The summed E-state index contributed by atoms with van der Waals surface area (Å²) in [5.41, 5.74) is 0.155. The van der Waals surface area contributed by atoms with E-state index in [1.807, 2.05) is 19.1 Å². The zero-order valence-corrected chi connectivity index (χ0v) is 15.2. The molecule has 3 atom stereocenters. The predicted octanol–water partition coefficient (Wildman–Crippen LogP) is 3.75. The summed E-state index contributed by atoms with van der Waals surface area (Å²) in [6.07, 6.45) is 4.44. The Morgan fingerprint density at radius 1 is 1.11 bits per heavy atom. The van der Waals surface area contributed by atoms with Crippen molar-refractivity contribution in [3.05, 3.63) is 72.1 Å². The van der Waals surface area contributed by atoms with E-state index in [0.717, 1.165) is 0 Å². The van der Waals surface area contributed by atoms with Crippen LogP contribution >= 0.6 is 0 Å². The average Bonchev–Trinajstić information content (AvgIpc) is 2.94. The van der Waals surface area contributed by atoms with Gasteiger partial charge in [-0.25, -0.2) is 14.1 Å². The summed E-state index contributed by atoms with van der Waals surface area (Å²) in [5, 5.41) is 0. The van der Waals surface area contributed by atoms with Gasteiger partial charge in [0.1, 0.15) is 11.6 Å². The van der Waals surface area contributed by atoms with Crippen LogP contribution in [0.25, 0.3) is 0 Å². The third kappa shape index (κ3) is 3.01. The maximum absolute atomic E-state index is 13.8. The van der Waals surface area contributed by atoms with Crippen LogP contribution in [0.3, 0.4) is 0 Å². The van der Waals surface area contributed by atoms with E-state index < -0.39 is 11.8 Å². The van der Waals surface area contributed by atoms with E-state index in [-0.39, 0.29) is 40.9 Å². The molecule has 1 heterocycles. The second-order valence-electron chi connectivity index (χ2n) is 7.03. The molecule has 1 saturated heterocycles. The lowest BCUT2D eigenvalue weighted by Crippen LogP contribution is -2.31. The van der Waals surface area contributed by atoms with Crippen LogP contribution < -0.4 is 9.64 Å².